The van der Waals surface area contributed by atoms with Crippen molar-refractivity contribution in [1.82, 2.24) is 0 Å². The van der Waals surface area contributed by atoms with Crippen molar-refractivity contribution in [2.24, 2.45) is 0 Å². The molecule has 0 amide bonds. The summed E-state index contributed by atoms with van der Waals surface area (Å²) in [6, 6.07) is 0. The minimum atomic E-state index is -0.692. The minimum Gasteiger partial charge on any atom is -0.298 e. The van der Waals surface area contributed by atoms with Gasteiger partial charge in [-0.25, -0.2) is 0 Å². The summed E-state index contributed by atoms with van der Waals surface area (Å²) < 4.78 is 0. The van der Waals surface area contributed by atoms with Crippen LogP contribution in [0.25, 0.3) is 0 Å². The second-order valence-electron chi connectivity index (χ2n) is 3.62. The molecule has 90 valence electrons. The van der Waals surface area contributed by atoms with Crippen LogP contribution in [0.2, 0.25) is 0 Å². The lowest BCUT2D eigenvalue weighted by Crippen LogP contribution is -2.06. The van der Waals surface area contributed by atoms with Crippen molar-refractivity contribution in [2.45, 2.75) is 20.8 Å². The Hall–Kier alpha value is -2.31. The average Bonchev–Trinajstić information content (AvgIpc) is 2.22. The Morgan fingerprint density at radius 2 is 1.29 bits per heavy atom. The fourth-order valence-electron chi connectivity index (χ4n) is 1.80. The highest BCUT2D eigenvalue weighted by atomic mass is 16.6. The lowest BCUT2D eigenvalue weighted by Gasteiger charge is -2.08. The van der Waals surface area contributed by atoms with Gasteiger partial charge in [0.25, 0.3) is 11.4 Å². The van der Waals surface area contributed by atoms with Crippen LogP contribution in [0.5, 0.6) is 0 Å². The zero-order chi connectivity index (χ0) is 13.3. The lowest BCUT2D eigenvalue weighted by atomic mass is 9.96. The molecule has 17 heavy (non-hydrogen) atoms. The van der Waals surface area contributed by atoms with Crippen LogP contribution < -0.4 is 0 Å². The van der Waals surface area contributed by atoms with Gasteiger partial charge in [0.2, 0.25) is 0 Å². The maximum absolute atomic E-state index is 10.9. The summed E-state index contributed by atoms with van der Waals surface area (Å²) in [5, 5.41) is 21.7. The lowest BCUT2D eigenvalue weighted by molar-refractivity contribution is -0.390. The summed E-state index contributed by atoms with van der Waals surface area (Å²) in [7, 11) is 0. The number of hydrogen-bond acceptors (Lipinski definition) is 5. The van der Waals surface area contributed by atoms with E-state index < -0.39 is 9.85 Å². The standard InChI is InChI=1S/C10H10N2O5/c1-5-6(2)10(12(16)17)8(4-13)7(3)9(5)11(14)15/h4H,1-3H3. The minimum absolute atomic E-state index is 0.0276. The molecule has 0 fully saturated rings. The summed E-state index contributed by atoms with van der Waals surface area (Å²) in [6.45, 7) is 4.16. The second-order valence-corrected chi connectivity index (χ2v) is 3.62. The van der Waals surface area contributed by atoms with Gasteiger partial charge in [-0.05, 0) is 20.8 Å². The van der Waals surface area contributed by atoms with E-state index in [4.69, 9.17) is 0 Å². The summed E-state index contributed by atoms with van der Waals surface area (Å²) in [6.07, 6.45) is 0.285. The molecule has 7 nitrogen and oxygen atoms in total. The van der Waals surface area contributed by atoms with E-state index in [-0.39, 0.29) is 39.9 Å². The molecule has 0 atom stereocenters. The topological polar surface area (TPSA) is 103 Å². The third-order valence-electron chi connectivity index (χ3n) is 2.77. The molecule has 1 aromatic rings. The van der Waals surface area contributed by atoms with E-state index in [9.17, 15) is 25.0 Å². The highest BCUT2D eigenvalue weighted by Crippen LogP contribution is 2.35. The van der Waals surface area contributed by atoms with Crippen molar-refractivity contribution in [3.05, 3.63) is 42.5 Å². The van der Waals surface area contributed by atoms with Gasteiger partial charge in [0.05, 0.1) is 9.85 Å². The Bertz CT molecular complexity index is 536. The van der Waals surface area contributed by atoms with Crippen molar-refractivity contribution >= 4 is 17.7 Å². The number of hydrogen-bond donors (Lipinski definition) is 0. The Balaban J connectivity index is 3.87. The first-order valence-electron chi connectivity index (χ1n) is 4.70. The zero-order valence-electron chi connectivity index (χ0n) is 9.51. The summed E-state index contributed by atoms with van der Waals surface area (Å²) in [5.74, 6) is 0. The molecule has 7 heteroatoms. The van der Waals surface area contributed by atoms with E-state index in [1.54, 1.807) is 0 Å². The van der Waals surface area contributed by atoms with Crippen LogP contribution in [0.1, 0.15) is 27.0 Å². The largest absolute Gasteiger partial charge is 0.298 e. The molecule has 0 bridgehead atoms. The van der Waals surface area contributed by atoms with Gasteiger partial charge in [0, 0.05) is 16.7 Å². The predicted molar refractivity (Wildman–Crippen MR) is 59.3 cm³/mol. The fourth-order valence-corrected chi connectivity index (χ4v) is 1.80. The van der Waals surface area contributed by atoms with Crippen LogP contribution in [-0.2, 0) is 0 Å². The van der Waals surface area contributed by atoms with Gasteiger partial charge in [-0.3, -0.25) is 25.0 Å². The molecule has 0 aromatic heterocycles. The Morgan fingerprint density at radius 1 is 0.882 bits per heavy atom. The molecule has 0 saturated carbocycles. The highest BCUT2D eigenvalue weighted by molar-refractivity contribution is 5.88. The van der Waals surface area contributed by atoms with Crippen LogP contribution in [0, 0.1) is 41.0 Å². The summed E-state index contributed by atoms with van der Waals surface area (Å²) in [4.78, 5) is 31.3. The molecule has 0 N–H and O–H groups in total. The molecule has 0 aliphatic carbocycles. The molecule has 0 heterocycles. The van der Waals surface area contributed by atoms with Gasteiger partial charge in [-0.15, -0.1) is 0 Å². The first-order valence-corrected chi connectivity index (χ1v) is 4.70. The first-order chi connectivity index (χ1) is 7.82. The number of aldehydes is 1. The fraction of sp³-hybridized carbons (Fsp3) is 0.300. The van der Waals surface area contributed by atoms with Gasteiger partial charge in [-0.1, -0.05) is 0 Å². The summed E-state index contributed by atoms with van der Waals surface area (Å²) >= 11 is 0. The Kier molecular flexibility index (Phi) is 3.21. The van der Waals surface area contributed by atoms with Crippen LogP contribution in [0.15, 0.2) is 0 Å². The van der Waals surface area contributed by atoms with Gasteiger partial charge in [-0.2, -0.15) is 0 Å². The van der Waals surface area contributed by atoms with Crippen molar-refractivity contribution in [2.75, 3.05) is 0 Å². The van der Waals surface area contributed by atoms with Crippen molar-refractivity contribution in [3.63, 3.8) is 0 Å². The molecule has 0 saturated heterocycles. The molecule has 0 aliphatic heterocycles. The van der Waals surface area contributed by atoms with Gasteiger partial charge in [0.15, 0.2) is 6.29 Å². The van der Waals surface area contributed by atoms with E-state index in [1.165, 1.54) is 20.8 Å². The molecule has 0 aliphatic rings. The number of rotatable bonds is 3. The monoisotopic (exact) mass is 238 g/mol. The summed E-state index contributed by atoms with van der Waals surface area (Å²) in [5.41, 5.74) is -0.445. The number of nitro groups is 2. The number of nitro benzene ring substituents is 2. The van der Waals surface area contributed by atoms with E-state index in [0.717, 1.165) is 0 Å². The van der Waals surface area contributed by atoms with E-state index in [2.05, 4.69) is 0 Å². The first kappa shape index (κ1) is 12.8. The number of carbonyl (C=O) groups is 1. The zero-order valence-corrected chi connectivity index (χ0v) is 9.51. The Labute approximate surface area is 96.4 Å². The van der Waals surface area contributed by atoms with Crippen molar-refractivity contribution in [3.8, 4) is 0 Å². The molecular weight excluding hydrogens is 228 g/mol. The quantitative estimate of drug-likeness (QED) is 0.456. The highest BCUT2D eigenvalue weighted by Gasteiger charge is 2.29. The van der Waals surface area contributed by atoms with Crippen molar-refractivity contribution < 1.29 is 14.6 Å². The molecule has 1 rings (SSSR count). The van der Waals surface area contributed by atoms with E-state index >= 15 is 0 Å². The molecule has 1 aromatic carbocycles. The molecular formula is C10H10N2O5. The third kappa shape index (κ3) is 1.86. The molecule has 0 unspecified atom stereocenters. The molecule has 0 radical (unpaired) electrons. The van der Waals surface area contributed by atoms with Crippen LogP contribution in [-0.4, -0.2) is 16.1 Å². The smallest absolute Gasteiger partial charge is 0.283 e. The van der Waals surface area contributed by atoms with Crippen LogP contribution in [0.3, 0.4) is 0 Å². The van der Waals surface area contributed by atoms with Gasteiger partial charge < -0.3 is 0 Å². The SMILES string of the molecule is Cc1c(C)c([N+](=O)[O-])c(C=O)c(C)c1[N+](=O)[O-]. The van der Waals surface area contributed by atoms with E-state index in [1.807, 2.05) is 0 Å². The predicted octanol–water partition coefficient (Wildman–Crippen LogP) is 2.24. The maximum Gasteiger partial charge on any atom is 0.283 e. The average molecular weight is 238 g/mol. The van der Waals surface area contributed by atoms with Crippen molar-refractivity contribution in [1.29, 1.82) is 0 Å². The Morgan fingerprint density at radius 3 is 1.65 bits per heavy atom. The second kappa shape index (κ2) is 4.28. The normalized spacial score (nSPS) is 10.1. The van der Waals surface area contributed by atoms with E-state index in [0.29, 0.717) is 0 Å². The van der Waals surface area contributed by atoms with Gasteiger partial charge >= 0.3 is 0 Å². The van der Waals surface area contributed by atoms with Crippen LogP contribution >= 0.6 is 0 Å². The number of nitrogens with zero attached hydrogens (tertiary/aromatic N) is 2. The van der Waals surface area contributed by atoms with Gasteiger partial charge in [0.1, 0.15) is 5.56 Å². The number of carbonyl (C=O) groups excluding carboxylic acids is 1. The van der Waals surface area contributed by atoms with Crippen LogP contribution in [0.4, 0.5) is 11.4 Å². The number of benzene rings is 1. The maximum atomic E-state index is 10.9. The molecule has 0 spiro atoms. The third-order valence-corrected chi connectivity index (χ3v) is 2.77.